The van der Waals surface area contributed by atoms with Crippen molar-refractivity contribution in [1.29, 1.82) is 0 Å². The molecule has 2 aliphatic heterocycles. The number of nitrogens with one attached hydrogen (secondary N) is 1. The number of likely N-dealkylation sites (tertiary alicyclic amines) is 1. The molecule has 1 N–H and O–H groups in total. The summed E-state index contributed by atoms with van der Waals surface area (Å²) in [6.45, 7) is 15.2. The molecule has 0 saturated carbocycles. The minimum Gasteiger partial charge on any atom is -0.444 e. The van der Waals surface area contributed by atoms with E-state index in [9.17, 15) is 4.79 Å². The van der Waals surface area contributed by atoms with Crippen molar-refractivity contribution in [2.45, 2.75) is 65.2 Å². The molecule has 0 aromatic heterocycles. The van der Waals surface area contributed by atoms with Crippen LogP contribution in [0.1, 0.15) is 48.0 Å². The van der Waals surface area contributed by atoms with E-state index in [4.69, 9.17) is 9.47 Å². The van der Waals surface area contributed by atoms with Crippen LogP contribution in [0, 0.1) is 5.41 Å². The maximum absolute atomic E-state index is 12.3. The third-order valence-electron chi connectivity index (χ3n) is 4.15. The highest BCUT2D eigenvalue weighted by molar-refractivity contribution is 5.68. The molecular weight excluding hydrogens is 268 g/mol. The molecule has 21 heavy (non-hydrogen) atoms. The van der Waals surface area contributed by atoms with E-state index < -0.39 is 5.60 Å². The highest BCUT2D eigenvalue weighted by Crippen LogP contribution is 2.39. The van der Waals surface area contributed by atoms with Gasteiger partial charge in [-0.15, -0.1) is 0 Å². The lowest BCUT2D eigenvalue weighted by molar-refractivity contribution is -0.113. The largest absolute Gasteiger partial charge is 0.444 e. The van der Waals surface area contributed by atoms with E-state index in [1.165, 1.54) is 0 Å². The summed E-state index contributed by atoms with van der Waals surface area (Å²) in [5.74, 6) is 0. The molecule has 2 atom stereocenters. The Morgan fingerprint density at radius 3 is 2.52 bits per heavy atom. The van der Waals surface area contributed by atoms with Gasteiger partial charge in [-0.25, -0.2) is 4.79 Å². The summed E-state index contributed by atoms with van der Waals surface area (Å²) in [7, 11) is 0. The topological polar surface area (TPSA) is 50.8 Å². The number of carbonyl (C=O) groups is 1. The molecule has 2 saturated heterocycles. The summed E-state index contributed by atoms with van der Waals surface area (Å²) < 4.78 is 11.7. The number of morpholine rings is 1. The standard InChI is InChI=1S/C16H30N2O3/c1-14(2,3)12-16(20-10-8-17-12)7-9-18(11-16)13(19)21-15(4,5)6/h12,17H,7-11H2,1-6H3. The highest BCUT2D eigenvalue weighted by atomic mass is 16.6. The fraction of sp³-hybridized carbons (Fsp3) is 0.938. The number of hydrogen-bond donors (Lipinski definition) is 1. The quantitative estimate of drug-likeness (QED) is 0.746. The van der Waals surface area contributed by atoms with Crippen LogP contribution in [0.3, 0.4) is 0 Å². The second-order valence-electron chi connectivity index (χ2n) is 8.32. The smallest absolute Gasteiger partial charge is 0.410 e. The van der Waals surface area contributed by atoms with Gasteiger partial charge in [0.15, 0.2) is 0 Å². The van der Waals surface area contributed by atoms with E-state index in [1.807, 2.05) is 20.8 Å². The van der Waals surface area contributed by atoms with E-state index >= 15 is 0 Å². The van der Waals surface area contributed by atoms with Crippen LogP contribution in [0.25, 0.3) is 0 Å². The molecule has 2 heterocycles. The first-order chi connectivity index (χ1) is 9.54. The van der Waals surface area contributed by atoms with Crippen molar-refractivity contribution in [2.75, 3.05) is 26.2 Å². The van der Waals surface area contributed by atoms with Crippen molar-refractivity contribution in [3.63, 3.8) is 0 Å². The van der Waals surface area contributed by atoms with Crippen LogP contribution in [0.15, 0.2) is 0 Å². The Balaban J connectivity index is 2.10. The Kier molecular flexibility index (Phi) is 4.28. The van der Waals surface area contributed by atoms with E-state index in [1.54, 1.807) is 4.90 Å². The summed E-state index contributed by atoms with van der Waals surface area (Å²) >= 11 is 0. The number of ether oxygens (including phenoxy) is 2. The van der Waals surface area contributed by atoms with Crippen molar-refractivity contribution >= 4 is 6.09 Å². The van der Waals surface area contributed by atoms with Crippen LogP contribution in [0.4, 0.5) is 4.79 Å². The van der Waals surface area contributed by atoms with Crippen LogP contribution >= 0.6 is 0 Å². The van der Waals surface area contributed by atoms with Crippen molar-refractivity contribution in [3.8, 4) is 0 Å². The maximum Gasteiger partial charge on any atom is 0.410 e. The third-order valence-corrected chi connectivity index (χ3v) is 4.15. The fourth-order valence-electron chi connectivity index (χ4n) is 3.46. The Labute approximate surface area is 128 Å². The molecule has 2 aliphatic rings. The first kappa shape index (κ1) is 16.6. The van der Waals surface area contributed by atoms with Crippen LogP contribution in [-0.2, 0) is 9.47 Å². The predicted octanol–water partition coefficient (Wildman–Crippen LogP) is 2.40. The van der Waals surface area contributed by atoms with E-state index in [0.717, 1.165) is 13.0 Å². The Bertz CT molecular complexity index is 397. The second-order valence-corrected chi connectivity index (χ2v) is 8.32. The molecular formula is C16H30N2O3. The molecule has 5 nitrogen and oxygen atoms in total. The minimum atomic E-state index is -0.456. The molecule has 5 heteroatoms. The summed E-state index contributed by atoms with van der Waals surface area (Å²) in [6, 6.07) is 0.242. The maximum atomic E-state index is 12.3. The van der Waals surface area contributed by atoms with Gasteiger partial charge in [0.1, 0.15) is 11.2 Å². The number of hydrogen-bond acceptors (Lipinski definition) is 4. The van der Waals surface area contributed by atoms with Gasteiger partial charge in [0.2, 0.25) is 0 Å². The van der Waals surface area contributed by atoms with E-state index in [-0.39, 0.29) is 23.2 Å². The highest BCUT2D eigenvalue weighted by Gasteiger charge is 2.52. The van der Waals surface area contributed by atoms with Gasteiger partial charge in [-0.2, -0.15) is 0 Å². The lowest BCUT2D eigenvalue weighted by atomic mass is 9.74. The normalized spacial score (nSPS) is 30.8. The molecule has 2 rings (SSSR count). The number of nitrogens with zero attached hydrogens (tertiary/aromatic N) is 1. The molecule has 0 radical (unpaired) electrons. The van der Waals surface area contributed by atoms with E-state index in [2.05, 4.69) is 26.1 Å². The van der Waals surface area contributed by atoms with Gasteiger partial charge in [0.05, 0.1) is 13.2 Å². The van der Waals surface area contributed by atoms with Gasteiger partial charge in [0.25, 0.3) is 0 Å². The van der Waals surface area contributed by atoms with Crippen LogP contribution in [0.5, 0.6) is 0 Å². The fourth-order valence-corrected chi connectivity index (χ4v) is 3.46. The molecule has 122 valence electrons. The first-order valence-electron chi connectivity index (χ1n) is 7.89. The minimum absolute atomic E-state index is 0.0877. The van der Waals surface area contributed by atoms with Gasteiger partial charge in [-0.05, 0) is 32.6 Å². The first-order valence-corrected chi connectivity index (χ1v) is 7.89. The monoisotopic (exact) mass is 298 g/mol. The van der Waals surface area contributed by atoms with E-state index in [0.29, 0.717) is 19.7 Å². The zero-order valence-electron chi connectivity index (χ0n) is 14.3. The number of rotatable bonds is 0. The molecule has 0 aromatic carbocycles. The Morgan fingerprint density at radius 2 is 1.95 bits per heavy atom. The molecule has 0 aliphatic carbocycles. The summed E-state index contributed by atoms with van der Waals surface area (Å²) in [5.41, 5.74) is -0.653. The summed E-state index contributed by atoms with van der Waals surface area (Å²) in [6.07, 6.45) is 0.627. The van der Waals surface area contributed by atoms with Crippen LogP contribution in [-0.4, -0.2) is 54.5 Å². The van der Waals surface area contributed by atoms with Crippen molar-refractivity contribution < 1.29 is 14.3 Å². The number of amides is 1. The van der Waals surface area contributed by atoms with Gasteiger partial charge < -0.3 is 19.7 Å². The predicted molar refractivity (Wildman–Crippen MR) is 82.4 cm³/mol. The average Bonchev–Trinajstić information content (AvgIpc) is 2.70. The molecule has 1 amide bonds. The van der Waals surface area contributed by atoms with Crippen molar-refractivity contribution in [2.24, 2.45) is 5.41 Å². The molecule has 2 fully saturated rings. The third kappa shape index (κ3) is 3.69. The van der Waals surface area contributed by atoms with Crippen molar-refractivity contribution in [3.05, 3.63) is 0 Å². The molecule has 1 spiro atoms. The SMILES string of the molecule is CC(C)(C)OC(=O)N1CCC2(C1)OCCNC2C(C)(C)C. The van der Waals surface area contributed by atoms with Gasteiger partial charge in [-0.1, -0.05) is 20.8 Å². The summed E-state index contributed by atoms with van der Waals surface area (Å²) in [5, 5.41) is 3.60. The summed E-state index contributed by atoms with van der Waals surface area (Å²) in [4.78, 5) is 14.1. The van der Waals surface area contributed by atoms with Crippen LogP contribution < -0.4 is 5.32 Å². The number of carbonyl (C=O) groups excluding carboxylic acids is 1. The molecule has 2 unspecified atom stereocenters. The van der Waals surface area contributed by atoms with Gasteiger partial charge in [-0.3, -0.25) is 0 Å². The van der Waals surface area contributed by atoms with Crippen LogP contribution in [0.2, 0.25) is 0 Å². The zero-order chi connectivity index (χ0) is 15.9. The molecule has 0 aromatic rings. The van der Waals surface area contributed by atoms with Gasteiger partial charge >= 0.3 is 6.09 Å². The van der Waals surface area contributed by atoms with Crippen molar-refractivity contribution in [1.82, 2.24) is 10.2 Å². The second kappa shape index (κ2) is 5.43. The average molecular weight is 298 g/mol. The van der Waals surface area contributed by atoms with Gasteiger partial charge in [0, 0.05) is 19.1 Å². The Hall–Kier alpha value is -0.810. The lowest BCUT2D eigenvalue weighted by Gasteiger charge is -2.48. The lowest BCUT2D eigenvalue weighted by Crippen LogP contribution is -2.64. The molecule has 0 bridgehead atoms. The Morgan fingerprint density at radius 1 is 1.29 bits per heavy atom. The zero-order valence-corrected chi connectivity index (χ0v) is 14.3.